The summed E-state index contributed by atoms with van der Waals surface area (Å²) in [5.74, 6) is 1.51. The molecule has 1 aliphatic carbocycles. The van der Waals surface area contributed by atoms with Crippen molar-refractivity contribution in [2.75, 3.05) is 12.0 Å². The van der Waals surface area contributed by atoms with Crippen LogP contribution in [0.4, 0.5) is 11.4 Å². The lowest BCUT2D eigenvalue weighted by molar-refractivity contribution is 0.415. The largest absolute Gasteiger partial charge is 0.497 e. The Labute approximate surface area is 204 Å². The highest BCUT2D eigenvalue weighted by Gasteiger charge is 2.42. The van der Waals surface area contributed by atoms with Gasteiger partial charge in [0.2, 0.25) is 0 Å². The second kappa shape index (κ2) is 8.83. The van der Waals surface area contributed by atoms with Crippen LogP contribution in [0, 0.1) is 6.92 Å². The standard InChI is InChI=1S/C32H35NO/c1-22-9-6-7-11-29(22)32(3,4)23(2)13-14-24-15-20-31-28(21-24)27-10-8-12-30(27)33(31)25-16-18-26(34-5)19-17-25/h6-7,9,11,13-21,27,30H,2,8,10,12H2,1,3-5H3/b14-13+. The topological polar surface area (TPSA) is 12.5 Å². The Kier molecular flexibility index (Phi) is 5.85. The minimum absolute atomic E-state index is 0.111. The van der Waals surface area contributed by atoms with Gasteiger partial charge in [0.1, 0.15) is 5.75 Å². The summed E-state index contributed by atoms with van der Waals surface area (Å²) in [4.78, 5) is 2.56. The molecule has 0 spiro atoms. The fourth-order valence-corrected chi connectivity index (χ4v) is 5.91. The Morgan fingerprint density at radius 2 is 1.79 bits per heavy atom. The lowest BCUT2D eigenvalue weighted by Gasteiger charge is -2.28. The van der Waals surface area contributed by atoms with Gasteiger partial charge in [-0.3, -0.25) is 0 Å². The Bertz CT molecular complexity index is 1230. The van der Waals surface area contributed by atoms with Crippen molar-refractivity contribution in [1.82, 2.24) is 0 Å². The van der Waals surface area contributed by atoms with Gasteiger partial charge >= 0.3 is 0 Å². The molecule has 0 saturated heterocycles. The van der Waals surface area contributed by atoms with Gasteiger partial charge in [-0.15, -0.1) is 0 Å². The molecule has 174 valence electrons. The number of methoxy groups -OCH3 is 1. The fraction of sp³-hybridized carbons (Fsp3) is 0.312. The lowest BCUT2D eigenvalue weighted by atomic mass is 9.76. The highest BCUT2D eigenvalue weighted by atomic mass is 16.5. The summed E-state index contributed by atoms with van der Waals surface area (Å²) in [6.07, 6.45) is 8.25. The predicted molar refractivity (Wildman–Crippen MR) is 144 cm³/mol. The van der Waals surface area contributed by atoms with Crippen LogP contribution in [0.25, 0.3) is 6.08 Å². The molecule has 0 amide bonds. The molecule has 2 unspecified atom stereocenters. The first-order chi connectivity index (χ1) is 16.4. The van der Waals surface area contributed by atoms with Gasteiger partial charge in [0, 0.05) is 28.7 Å². The predicted octanol–water partition coefficient (Wildman–Crippen LogP) is 8.34. The van der Waals surface area contributed by atoms with Gasteiger partial charge < -0.3 is 9.64 Å². The molecule has 0 bridgehead atoms. The van der Waals surface area contributed by atoms with Crippen molar-refractivity contribution in [2.45, 2.75) is 57.4 Å². The number of anilines is 2. The van der Waals surface area contributed by atoms with E-state index in [2.05, 4.69) is 111 Å². The summed E-state index contributed by atoms with van der Waals surface area (Å²) < 4.78 is 5.38. The van der Waals surface area contributed by atoms with Crippen molar-refractivity contribution in [1.29, 1.82) is 0 Å². The average Bonchev–Trinajstić information content (AvgIpc) is 3.43. The third kappa shape index (κ3) is 3.86. The van der Waals surface area contributed by atoms with Crippen molar-refractivity contribution >= 4 is 17.5 Å². The molecular weight excluding hydrogens is 414 g/mol. The van der Waals surface area contributed by atoms with E-state index in [1.54, 1.807) is 7.11 Å². The van der Waals surface area contributed by atoms with Crippen molar-refractivity contribution in [3.63, 3.8) is 0 Å². The van der Waals surface area contributed by atoms with Gasteiger partial charge in [0.25, 0.3) is 0 Å². The Morgan fingerprint density at radius 1 is 1.03 bits per heavy atom. The molecule has 0 N–H and O–H groups in total. The van der Waals surface area contributed by atoms with Gasteiger partial charge in [-0.2, -0.15) is 0 Å². The molecule has 3 aromatic rings. The summed E-state index contributed by atoms with van der Waals surface area (Å²) in [5.41, 5.74) is 9.02. The second-order valence-electron chi connectivity index (χ2n) is 10.3. The highest BCUT2D eigenvalue weighted by molar-refractivity contribution is 5.75. The van der Waals surface area contributed by atoms with E-state index in [0.29, 0.717) is 12.0 Å². The quantitative estimate of drug-likeness (QED) is 0.351. The first-order valence-electron chi connectivity index (χ1n) is 12.4. The fourth-order valence-electron chi connectivity index (χ4n) is 5.91. The molecule has 2 heteroatoms. The molecule has 5 rings (SSSR count). The molecule has 3 aromatic carbocycles. The third-order valence-electron chi connectivity index (χ3n) is 7.97. The number of aryl methyl sites for hydroxylation is 1. The number of hydrogen-bond acceptors (Lipinski definition) is 2. The first-order valence-corrected chi connectivity index (χ1v) is 12.4. The van der Waals surface area contributed by atoms with Crippen molar-refractivity contribution in [3.05, 3.63) is 107 Å². The van der Waals surface area contributed by atoms with Gasteiger partial charge in [0.15, 0.2) is 0 Å². The maximum atomic E-state index is 5.38. The number of nitrogens with zero attached hydrogens (tertiary/aromatic N) is 1. The van der Waals surface area contributed by atoms with Gasteiger partial charge in [-0.25, -0.2) is 0 Å². The maximum Gasteiger partial charge on any atom is 0.119 e. The molecule has 2 atom stereocenters. The van der Waals surface area contributed by atoms with Crippen molar-refractivity contribution in [2.24, 2.45) is 0 Å². The minimum atomic E-state index is -0.111. The molecular formula is C32H35NO. The van der Waals surface area contributed by atoms with Crippen molar-refractivity contribution < 1.29 is 4.74 Å². The Balaban J connectivity index is 1.43. The van der Waals surface area contributed by atoms with Crippen LogP contribution >= 0.6 is 0 Å². The summed E-state index contributed by atoms with van der Waals surface area (Å²) in [7, 11) is 1.72. The molecule has 1 heterocycles. The zero-order valence-corrected chi connectivity index (χ0v) is 20.8. The van der Waals surface area contributed by atoms with E-state index in [1.807, 2.05) is 0 Å². The van der Waals surface area contributed by atoms with Gasteiger partial charge in [0.05, 0.1) is 7.11 Å². The number of hydrogen-bond donors (Lipinski definition) is 0. The second-order valence-corrected chi connectivity index (χ2v) is 10.3. The monoisotopic (exact) mass is 449 g/mol. The molecule has 1 saturated carbocycles. The molecule has 0 aromatic heterocycles. The van der Waals surface area contributed by atoms with Crippen LogP contribution in [0.1, 0.15) is 61.3 Å². The van der Waals surface area contributed by atoms with Crippen LogP contribution < -0.4 is 9.64 Å². The average molecular weight is 450 g/mol. The summed E-state index contributed by atoms with van der Waals surface area (Å²) >= 11 is 0. The number of rotatable bonds is 6. The van der Waals surface area contributed by atoms with E-state index in [9.17, 15) is 0 Å². The molecule has 34 heavy (non-hydrogen) atoms. The maximum absolute atomic E-state index is 5.38. The van der Waals surface area contributed by atoms with Gasteiger partial charge in [-0.1, -0.05) is 69.3 Å². The minimum Gasteiger partial charge on any atom is -0.497 e. The number of ether oxygens (including phenoxy) is 1. The zero-order chi connectivity index (χ0) is 23.9. The number of allylic oxidation sites excluding steroid dienone is 2. The third-order valence-corrected chi connectivity index (χ3v) is 7.97. The molecule has 2 aliphatic rings. The van der Waals surface area contributed by atoms with E-state index in [1.165, 1.54) is 52.9 Å². The van der Waals surface area contributed by atoms with E-state index < -0.39 is 0 Å². The first kappa shape index (κ1) is 22.5. The summed E-state index contributed by atoms with van der Waals surface area (Å²) in [6, 6.07) is 24.7. The summed E-state index contributed by atoms with van der Waals surface area (Å²) in [6.45, 7) is 11.2. The Hall–Kier alpha value is -3.26. The lowest BCUT2D eigenvalue weighted by Crippen LogP contribution is -2.26. The highest BCUT2D eigenvalue weighted by Crippen LogP contribution is 2.52. The normalized spacial score (nSPS) is 19.4. The van der Waals surface area contributed by atoms with Crippen LogP contribution in [0.15, 0.2) is 85.0 Å². The smallest absolute Gasteiger partial charge is 0.119 e. The summed E-state index contributed by atoms with van der Waals surface area (Å²) in [5, 5.41) is 0. The molecule has 0 radical (unpaired) electrons. The molecule has 1 aliphatic heterocycles. The SMILES string of the molecule is C=C(/C=C/c1ccc2c(c1)C1CCCC1N2c1ccc(OC)cc1)C(C)(C)c1ccccc1C. The van der Waals surface area contributed by atoms with Crippen LogP contribution in [-0.4, -0.2) is 13.2 Å². The molecule has 1 fully saturated rings. The van der Waals surface area contributed by atoms with Crippen LogP contribution in [-0.2, 0) is 5.41 Å². The number of benzene rings is 3. The van der Waals surface area contributed by atoms with Crippen LogP contribution in [0.2, 0.25) is 0 Å². The van der Waals surface area contributed by atoms with E-state index in [0.717, 1.165) is 11.3 Å². The zero-order valence-electron chi connectivity index (χ0n) is 20.8. The van der Waals surface area contributed by atoms with Crippen LogP contribution in [0.3, 0.4) is 0 Å². The van der Waals surface area contributed by atoms with Gasteiger partial charge in [-0.05, 0) is 84.0 Å². The van der Waals surface area contributed by atoms with Crippen LogP contribution in [0.5, 0.6) is 5.75 Å². The van der Waals surface area contributed by atoms with E-state index >= 15 is 0 Å². The van der Waals surface area contributed by atoms with Crippen molar-refractivity contribution in [3.8, 4) is 5.75 Å². The van der Waals surface area contributed by atoms with E-state index in [-0.39, 0.29) is 5.41 Å². The molecule has 2 nitrogen and oxygen atoms in total. The number of fused-ring (bicyclic) bond motifs is 3. The Morgan fingerprint density at radius 3 is 2.53 bits per heavy atom. The van der Waals surface area contributed by atoms with E-state index in [4.69, 9.17) is 4.74 Å².